The Hall–Kier alpha value is -1.41. The summed E-state index contributed by atoms with van der Waals surface area (Å²) in [7, 11) is 0. The number of rotatable bonds is 0. The molecule has 0 saturated carbocycles. The van der Waals surface area contributed by atoms with E-state index in [1.807, 2.05) is 6.07 Å². The van der Waals surface area contributed by atoms with E-state index >= 15 is 0 Å². The molecule has 0 spiro atoms. The number of nitrogens with zero attached hydrogens (tertiary/aromatic N) is 2. The Bertz CT molecular complexity index is 537. The van der Waals surface area contributed by atoms with Gasteiger partial charge in [0.15, 0.2) is 0 Å². The second-order valence-electron chi connectivity index (χ2n) is 4.00. The predicted octanol–water partition coefficient (Wildman–Crippen LogP) is 3.29. The van der Waals surface area contributed by atoms with E-state index in [-0.39, 0.29) is 0 Å². The molecule has 1 aromatic carbocycles. The van der Waals surface area contributed by atoms with Crippen molar-refractivity contribution in [2.45, 2.75) is 19.3 Å². The summed E-state index contributed by atoms with van der Waals surface area (Å²) in [6, 6.07) is 8.40. The Morgan fingerprint density at radius 2 is 1.94 bits per heavy atom. The van der Waals surface area contributed by atoms with Crippen LogP contribution in [0, 0.1) is 0 Å². The fourth-order valence-electron chi connectivity index (χ4n) is 2.27. The average molecular weight is 231 g/mol. The first-order chi connectivity index (χ1) is 7.86. The normalized spacial score (nSPS) is 13.8. The highest BCUT2D eigenvalue weighted by molar-refractivity contribution is 6.30. The lowest BCUT2D eigenvalue weighted by atomic mass is 10.0. The van der Waals surface area contributed by atoms with Crippen LogP contribution in [0.4, 0.5) is 0 Å². The van der Waals surface area contributed by atoms with Crippen LogP contribution in [0.1, 0.15) is 17.5 Å². The van der Waals surface area contributed by atoms with Gasteiger partial charge in [0, 0.05) is 11.1 Å². The number of halogens is 1. The molecule has 3 heteroatoms. The third-order valence-electron chi connectivity index (χ3n) is 3.04. The van der Waals surface area contributed by atoms with Crippen LogP contribution in [0.3, 0.4) is 0 Å². The number of hydrogen-bond donors (Lipinski definition) is 0. The van der Waals surface area contributed by atoms with Crippen molar-refractivity contribution < 1.29 is 0 Å². The monoisotopic (exact) mass is 230 g/mol. The molecule has 0 atom stereocenters. The topological polar surface area (TPSA) is 25.8 Å². The van der Waals surface area contributed by atoms with E-state index < -0.39 is 0 Å². The first-order valence-electron chi connectivity index (χ1n) is 5.44. The van der Waals surface area contributed by atoms with Crippen molar-refractivity contribution in [2.75, 3.05) is 0 Å². The lowest BCUT2D eigenvalue weighted by Gasteiger charge is -2.07. The Balaban J connectivity index is 2.30. The van der Waals surface area contributed by atoms with Crippen molar-refractivity contribution in [3.8, 4) is 11.3 Å². The van der Waals surface area contributed by atoms with Gasteiger partial charge in [-0.15, -0.1) is 0 Å². The molecule has 0 saturated heterocycles. The molecule has 1 aliphatic carbocycles. The van der Waals surface area contributed by atoms with Crippen molar-refractivity contribution in [2.24, 2.45) is 0 Å². The molecule has 1 aromatic heterocycles. The standard InChI is InChI=1S/C13H11ClN2/c14-13-11-7-3-5-9-4-1-2-6-10(9)12(11)15-8-16-13/h1-2,4,6,8H,3,5,7H2. The summed E-state index contributed by atoms with van der Waals surface area (Å²) in [5.74, 6) is 0. The third kappa shape index (κ3) is 1.50. The first-order valence-corrected chi connectivity index (χ1v) is 5.82. The van der Waals surface area contributed by atoms with Gasteiger partial charge in [-0.2, -0.15) is 0 Å². The van der Waals surface area contributed by atoms with Crippen molar-refractivity contribution in [3.05, 3.63) is 46.9 Å². The molecule has 0 fully saturated rings. The van der Waals surface area contributed by atoms with Crippen LogP contribution in [0.25, 0.3) is 11.3 Å². The molecular weight excluding hydrogens is 220 g/mol. The van der Waals surface area contributed by atoms with E-state index in [0.717, 1.165) is 30.5 Å². The van der Waals surface area contributed by atoms with Crippen LogP contribution in [0.2, 0.25) is 5.15 Å². The van der Waals surface area contributed by atoms with Gasteiger partial charge < -0.3 is 0 Å². The zero-order valence-corrected chi connectivity index (χ0v) is 9.54. The van der Waals surface area contributed by atoms with Crippen LogP contribution in [0.5, 0.6) is 0 Å². The molecule has 0 bridgehead atoms. The van der Waals surface area contributed by atoms with Gasteiger partial charge >= 0.3 is 0 Å². The van der Waals surface area contributed by atoms with Crippen LogP contribution < -0.4 is 0 Å². The Morgan fingerprint density at radius 3 is 2.88 bits per heavy atom. The molecule has 0 radical (unpaired) electrons. The number of fused-ring (bicyclic) bond motifs is 3. The van der Waals surface area contributed by atoms with Crippen molar-refractivity contribution in [1.82, 2.24) is 9.97 Å². The maximum atomic E-state index is 6.13. The van der Waals surface area contributed by atoms with E-state index in [9.17, 15) is 0 Å². The summed E-state index contributed by atoms with van der Waals surface area (Å²) in [5, 5.41) is 0.599. The zero-order valence-electron chi connectivity index (χ0n) is 8.78. The second kappa shape index (κ2) is 3.87. The molecule has 0 aliphatic heterocycles. The summed E-state index contributed by atoms with van der Waals surface area (Å²) in [6.07, 6.45) is 4.70. The van der Waals surface area contributed by atoms with Crippen LogP contribution in [-0.4, -0.2) is 9.97 Å². The average Bonchev–Trinajstić information content (AvgIpc) is 2.50. The number of hydrogen-bond acceptors (Lipinski definition) is 2. The van der Waals surface area contributed by atoms with Gasteiger partial charge in [0.1, 0.15) is 11.5 Å². The van der Waals surface area contributed by atoms with Crippen molar-refractivity contribution >= 4 is 11.6 Å². The fraction of sp³-hybridized carbons (Fsp3) is 0.231. The molecule has 1 aliphatic rings. The van der Waals surface area contributed by atoms with E-state index in [2.05, 4.69) is 28.2 Å². The number of aryl methyl sites for hydroxylation is 1. The predicted molar refractivity (Wildman–Crippen MR) is 64.5 cm³/mol. The number of benzene rings is 1. The molecule has 16 heavy (non-hydrogen) atoms. The quantitative estimate of drug-likeness (QED) is 0.649. The molecule has 2 nitrogen and oxygen atoms in total. The zero-order chi connectivity index (χ0) is 11.0. The lowest BCUT2D eigenvalue weighted by molar-refractivity contribution is 0.829. The largest absolute Gasteiger partial charge is 0.236 e. The minimum Gasteiger partial charge on any atom is -0.236 e. The lowest BCUT2D eigenvalue weighted by Crippen LogP contribution is -1.95. The fourth-order valence-corrected chi connectivity index (χ4v) is 2.50. The van der Waals surface area contributed by atoms with Gasteiger partial charge in [-0.25, -0.2) is 9.97 Å². The minimum atomic E-state index is 0.599. The Labute approximate surface area is 99.3 Å². The molecular formula is C13H11ClN2. The van der Waals surface area contributed by atoms with E-state index in [0.29, 0.717) is 5.15 Å². The maximum absolute atomic E-state index is 6.13. The van der Waals surface area contributed by atoms with Gasteiger partial charge in [-0.1, -0.05) is 35.9 Å². The highest BCUT2D eigenvalue weighted by Crippen LogP contribution is 2.32. The highest BCUT2D eigenvalue weighted by Gasteiger charge is 2.17. The van der Waals surface area contributed by atoms with E-state index in [4.69, 9.17) is 11.6 Å². The molecule has 0 amide bonds. The summed E-state index contributed by atoms with van der Waals surface area (Å²) >= 11 is 6.13. The van der Waals surface area contributed by atoms with Crippen molar-refractivity contribution in [1.29, 1.82) is 0 Å². The van der Waals surface area contributed by atoms with E-state index in [1.165, 1.54) is 11.1 Å². The second-order valence-corrected chi connectivity index (χ2v) is 4.36. The summed E-state index contributed by atoms with van der Waals surface area (Å²) in [6.45, 7) is 0. The van der Waals surface area contributed by atoms with Gasteiger partial charge in [0.25, 0.3) is 0 Å². The first kappa shape index (κ1) is 9.79. The van der Waals surface area contributed by atoms with Gasteiger partial charge in [0.05, 0.1) is 5.69 Å². The summed E-state index contributed by atoms with van der Waals surface area (Å²) < 4.78 is 0. The van der Waals surface area contributed by atoms with Gasteiger partial charge in [-0.3, -0.25) is 0 Å². The van der Waals surface area contributed by atoms with Crippen LogP contribution in [-0.2, 0) is 12.8 Å². The van der Waals surface area contributed by atoms with Crippen LogP contribution in [0.15, 0.2) is 30.6 Å². The minimum absolute atomic E-state index is 0.599. The Morgan fingerprint density at radius 1 is 1.06 bits per heavy atom. The number of aromatic nitrogens is 2. The smallest absolute Gasteiger partial charge is 0.136 e. The van der Waals surface area contributed by atoms with Crippen molar-refractivity contribution in [3.63, 3.8) is 0 Å². The molecule has 1 heterocycles. The SMILES string of the molecule is Clc1ncnc2c1CCCc1ccccc1-2. The summed E-state index contributed by atoms with van der Waals surface area (Å²) in [4.78, 5) is 8.45. The molecule has 0 N–H and O–H groups in total. The van der Waals surface area contributed by atoms with Gasteiger partial charge in [0.2, 0.25) is 0 Å². The van der Waals surface area contributed by atoms with Crippen LogP contribution >= 0.6 is 11.6 Å². The van der Waals surface area contributed by atoms with E-state index in [1.54, 1.807) is 6.33 Å². The van der Waals surface area contributed by atoms with Gasteiger partial charge in [-0.05, 0) is 24.8 Å². The summed E-state index contributed by atoms with van der Waals surface area (Å²) in [5.41, 5.74) is 4.66. The third-order valence-corrected chi connectivity index (χ3v) is 3.36. The highest BCUT2D eigenvalue weighted by atomic mass is 35.5. The molecule has 3 rings (SSSR count). The molecule has 2 aromatic rings. The molecule has 0 unspecified atom stereocenters. The Kier molecular flexibility index (Phi) is 2.37. The maximum Gasteiger partial charge on any atom is 0.136 e. The molecule has 80 valence electrons.